The lowest BCUT2D eigenvalue weighted by Crippen LogP contribution is -2.26. The molecule has 0 saturated heterocycles. The highest BCUT2D eigenvalue weighted by molar-refractivity contribution is 7.98. The van der Waals surface area contributed by atoms with Crippen LogP contribution in [0, 0.1) is 6.92 Å². The summed E-state index contributed by atoms with van der Waals surface area (Å²) in [5.41, 5.74) is 0.995. The van der Waals surface area contributed by atoms with Crippen molar-refractivity contribution in [2.24, 2.45) is 0 Å². The fourth-order valence-corrected chi connectivity index (χ4v) is 1.87. The molecule has 1 N–H and O–H groups in total. The summed E-state index contributed by atoms with van der Waals surface area (Å²) < 4.78 is 10.4. The lowest BCUT2D eigenvalue weighted by Gasteiger charge is -2.03. The minimum Gasteiger partial charge on any atom is -0.461 e. The van der Waals surface area contributed by atoms with Gasteiger partial charge in [0.2, 0.25) is 5.76 Å². The van der Waals surface area contributed by atoms with E-state index in [-0.39, 0.29) is 5.91 Å². The topological polar surface area (TPSA) is 68.3 Å². The second kappa shape index (κ2) is 5.77. The van der Waals surface area contributed by atoms with Crippen molar-refractivity contribution in [2.75, 3.05) is 18.6 Å². The Hall–Kier alpha value is -1.69. The molecule has 0 fully saturated rings. The first-order chi connectivity index (χ1) is 8.74. The molecule has 5 nitrogen and oxygen atoms in total. The van der Waals surface area contributed by atoms with Gasteiger partial charge in [0.25, 0.3) is 5.91 Å². The van der Waals surface area contributed by atoms with E-state index in [1.807, 2.05) is 6.26 Å². The van der Waals surface area contributed by atoms with E-state index in [9.17, 15) is 4.79 Å². The maximum Gasteiger partial charge on any atom is 0.257 e. The van der Waals surface area contributed by atoms with Gasteiger partial charge in [-0.15, -0.1) is 0 Å². The van der Waals surface area contributed by atoms with Gasteiger partial charge in [-0.05, 0) is 25.3 Å². The monoisotopic (exact) mass is 266 g/mol. The summed E-state index contributed by atoms with van der Waals surface area (Å²) in [6, 6.07) is 3.47. The second-order valence-electron chi connectivity index (χ2n) is 3.70. The molecule has 0 radical (unpaired) electrons. The Balaban J connectivity index is 2.22. The Bertz CT molecular complexity index is 519. The van der Waals surface area contributed by atoms with Crippen LogP contribution in [0.2, 0.25) is 0 Å². The van der Waals surface area contributed by atoms with Crippen molar-refractivity contribution in [2.45, 2.75) is 6.92 Å². The summed E-state index contributed by atoms with van der Waals surface area (Å²) in [5.74, 6) is 1.56. The van der Waals surface area contributed by atoms with E-state index in [2.05, 4.69) is 10.5 Å². The van der Waals surface area contributed by atoms with Gasteiger partial charge < -0.3 is 14.3 Å². The number of nitrogens with one attached hydrogen (secondary N) is 1. The molecule has 96 valence electrons. The molecule has 0 unspecified atom stereocenters. The molecule has 0 spiro atoms. The van der Waals surface area contributed by atoms with Crippen LogP contribution in [0.25, 0.3) is 11.5 Å². The average molecular weight is 266 g/mol. The number of carbonyl (C=O) groups is 1. The van der Waals surface area contributed by atoms with Gasteiger partial charge in [0.1, 0.15) is 5.56 Å². The molecule has 6 heteroatoms. The normalized spacial score (nSPS) is 10.6. The van der Waals surface area contributed by atoms with Gasteiger partial charge in [0.05, 0.1) is 12.0 Å². The maximum absolute atomic E-state index is 12.1. The summed E-state index contributed by atoms with van der Waals surface area (Å²) >= 11 is 1.67. The number of aryl methyl sites for hydroxylation is 1. The number of nitrogens with zero attached hydrogens (tertiary/aromatic N) is 1. The van der Waals surface area contributed by atoms with Gasteiger partial charge in [-0.2, -0.15) is 11.8 Å². The maximum atomic E-state index is 12.1. The molecule has 0 aromatic carbocycles. The van der Waals surface area contributed by atoms with Crippen molar-refractivity contribution in [3.05, 3.63) is 29.7 Å². The summed E-state index contributed by atoms with van der Waals surface area (Å²) in [6.45, 7) is 2.35. The molecule has 0 aliphatic heterocycles. The summed E-state index contributed by atoms with van der Waals surface area (Å²) in [5, 5.41) is 6.65. The number of rotatable bonds is 5. The molecule has 2 rings (SSSR count). The molecule has 0 aliphatic carbocycles. The standard InChI is InChI=1S/C12H14N2O3S/c1-8-10(12(15)13-5-7-18-2)11(17-14-8)9-4-3-6-16-9/h3-4,6H,5,7H2,1-2H3,(H,13,15). The Morgan fingerprint density at radius 1 is 1.56 bits per heavy atom. The molecule has 2 heterocycles. The minimum atomic E-state index is -0.186. The first-order valence-electron chi connectivity index (χ1n) is 5.51. The zero-order chi connectivity index (χ0) is 13.0. The predicted molar refractivity (Wildman–Crippen MR) is 69.7 cm³/mol. The molecule has 18 heavy (non-hydrogen) atoms. The Kier molecular flexibility index (Phi) is 4.09. The third-order valence-electron chi connectivity index (χ3n) is 2.43. The van der Waals surface area contributed by atoms with Crippen LogP contribution in [0.3, 0.4) is 0 Å². The third kappa shape index (κ3) is 2.59. The predicted octanol–water partition coefficient (Wildman–Crippen LogP) is 2.34. The lowest BCUT2D eigenvalue weighted by atomic mass is 10.1. The molecule has 0 aliphatic rings. The SMILES string of the molecule is CSCCNC(=O)c1c(C)noc1-c1ccco1. The van der Waals surface area contributed by atoms with Crippen molar-refractivity contribution in [1.82, 2.24) is 10.5 Å². The highest BCUT2D eigenvalue weighted by Gasteiger charge is 2.22. The molecule has 1 amide bonds. The van der Waals surface area contributed by atoms with Crippen LogP contribution in [-0.4, -0.2) is 29.6 Å². The Morgan fingerprint density at radius 3 is 3.06 bits per heavy atom. The molecular weight excluding hydrogens is 252 g/mol. The number of aromatic nitrogens is 1. The molecule has 0 saturated carbocycles. The van der Waals surface area contributed by atoms with Gasteiger partial charge >= 0.3 is 0 Å². The number of thioether (sulfide) groups is 1. The van der Waals surface area contributed by atoms with Gasteiger partial charge in [0, 0.05) is 12.3 Å². The molecule has 0 bridgehead atoms. The van der Waals surface area contributed by atoms with Crippen molar-refractivity contribution < 1.29 is 13.7 Å². The van der Waals surface area contributed by atoms with E-state index in [4.69, 9.17) is 8.94 Å². The number of hydrogen-bond acceptors (Lipinski definition) is 5. The van der Waals surface area contributed by atoms with Crippen molar-refractivity contribution >= 4 is 17.7 Å². The average Bonchev–Trinajstić information content (AvgIpc) is 2.97. The van der Waals surface area contributed by atoms with E-state index in [0.717, 1.165) is 5.75 Å². The lowest BCUT2D eigenvalue weighted by molar-refractivity contribution is 0.0955. The van der Waals surface area contributed by atoms with Crippen LogP contribution in [0.5, 0.6) is 0 Å². The van der Waals surface area contributed by atoms with Crippen LogP contribution in [0.1, 0.15) is 16.1 Å². The van der Waals surface area contributed by atoms with Crippen LogP contribution >= 0.6 is 11.8 Å². The molecule has 2 aromatic rings. The summed E-state index contributed by atoms with van der Waals surface area (Å²) in [7, 11) is 0. The smallest absolute Gasteiger partial charge is 0.257 e. The first kappa shape index (κ1) is 12.8. The van der Waals surface area contributed by atoms with Gasteiger partial charge in [-0.1, -0.05) is 5.16 Å². The van der Waals surface area contributed by atoms with Crippen LogP contribution < -0.4 is 5.32 Å². The second-order valence-corrected chi connectivity index (χ2v) is 4.68. The zero-order valence-electron chi connectivity index (χ0n) is 10.2. The van der Waals surface area contributed by atoms with Crippen LogP contribution in [-0.2, 0) is 0 Å². The van der Waals surface area contributed by atoms with Crippen LogP contribution in [0.4, 0.5) is 0 Å². The van der Waals surface area contributed by atoms with E-state index in [1.54, 1.807) is 30.8 Å². The number of amides is 1. The highest BCUT2D eigenvalue weighted by Crippen LogP contribution is 2.26. The molecule has 0 atom stereocenters. The highest BCUT2D eigenvalue weighted by atomic mass is 32.2. The molecule has 2 aromatic heterocycles. The van der Waals surface area contributed by atoms with E-state index in [1.165, 1.54) is 6.26 Å². The third-order valence-corrected chi connectivity index (χ3v) is 3.04. The Labute approximate surface area is 109 Å². The zero-order valence-corrected chi connectivity index (χ0v) is 11.0. The van der Waals surface area contributed by atoms with Crippen molar-refractivity contribution in [1.29, 1.82) is 0 Å². The minimum absolute atomic E-state index is 0.186. The summed E-state index contributed by atoms with van der Waals surface area (Å²) in [4.78, 5) is 12.1. The fourth-order valence-electron chi connectivity index (χ4n) is 1.57. The van der Waals surface area contributed by atoms with E-state index < -0.39 is 0 Å². The fraction of sp³-hybridized carbons (Fsp3) is 0.333. The van der Waals surface area contributed by atoms with Gasteiger partial charge in [-0.3, -0.25) is 4.79 Å². The first-order valence-corrected chi connectivity index (χ1v) is 6.90. The van der Waals surface area contributed by atoms with E-state index in [0.29, 0.717) is 29.3 Å². The largest absolute Gasteiger partial charge is 0.461 e. The van der Waals surface area contributed by atoms with Crippen molar-refractivity contribution in [3.8, 4) is 11.5 Å². The summed E-state index contributed by atoms with van der Waals surface area (Å²) in [6.07, 6.45) is 3.52. The molecular formula is C12H14N2O3S. The quantitative estimate of drug-likeness (QED) is 0.841. The van der Waals surface area contributed by atoms with Crippen molar-refractivity contribution in [3.63, 3.8) is 0 Å². The number of hydrogen-bond donors (Lipinski definition) is 1. The number of carbonyl (C=O) groups excluding carboxylic acids is 1. The van der Waals surface area contributed by atoms with Gasteiger partial charge in [-0.25, -0.2) is 0 Å². The van der Waals surface area contributed by atoms with Crippen LogP contribution in [0.15, 0.2) is 27.3 Å². The number of furan rings is 1. The van der Waals surface area contributed by atoms with Gasteiger partial charge in [0.15, 0.2) is 5.76 Å². The Morgan fingerprint density at radius 2 is 2.39 bits per heavy atom. The van der Waals surface area contributed by atoms with E-state index >= 15 is 0 Å².